The summed E-state index contributed by atoms with van der Waals surface area (Å²) in [7, 11) is 0. The molecule has 0 atom stereocenters. The summed E-state index contributed by atoms with van der Waals surface area (Å²) in [5, 5.41) is 0.341. The van der Waals surface area contributed by atoms with E-state index in [-0.39, 0.29) is 5.78 Å². The normalized spacial score (nSPS) is 10.1. The summed E-state index contributed by atoms with van der Waals surface area (Å²) in [4.78, 5) is 19.7. The summed E-state index contributed by atoms with van der Waals surface area (Å²) in [6.07, 6.45) is 3.39. The molecule has 2 rings (SSSR count). The average molecular weight is 277 g/mol. The Kier molecular flexibility index (Phi) is 3.41. The van der Waals surface area contributed by atoms with E-state index in [1.165, 1.54) is 0 Å². The van der Waals surface area contributed by atoms with Crippen LogP contribution >= 0.6 is 15.9 Å². The fourth-order valence-electron chi connectivity index (χ4n) is 1.33. The molecule has 1 aromatic carbocycles. The lowest BCUT2D eigenvalue weighted by atomic mass is 10.1. The van der Waals surface area contributed by atoms with Crippen LogP contribution < -0.4 is 0 Å². The van der Waals surface area contributed by atoms with Crippen LogP contribution in [0.1, 0.15) is 10.4 Å². The van der Waals surface area contributed by atoms with Crippen LogP contribution in [0.4, 0.5) is 0 Å². The van der Waals surface area contributed by atoms with Crippen molar-refractivity contribution in [1.82, 2.24) is 9.97 Å². The maximum absolute atomic E-state index is 11.4. The number of alkyl halides is 1. The first-order valence-electron chi connectivity index (χ1n) is 4.78. The molecule has 16 heavy (non-hydrogen) atoms. The van der Waals surface area contributed by atoms with Gasteiger partial charge in [0.15, 0.2) is 11.6 Å². The molecule has 0 saturated heterocycles. The van der Waals surface area contributed by atoms with Crippen molar-refractivity contribution in [2.24, 2.45) is 0 Å². The lowest BCUT2D eigenvalue weighted by Crippen LogP contribution is -1.99. The van der Waals surface area contributed by atoms with Gasteiger partial charge in [0.1, 0.15) is 0 Å². The van der Waals surface area contributed by atoms with Gasteiger partial charge in [-0.1, -0.05) is 40.2 Å². The first-order chi connectivity index (χ1) is 7.81. The van der Waals surface area contributed by atoms with Gasteiger partial charge in [-0.05, 0) is 6.07 Å². The van der Waals surface area contributed by atoms with E-state index >= 15 is 0 Å². The van der Waals surface area contributed by atoms with Crippen molar-refractivity contribution >= 4 is 21.7 Å². The molecule has 80 valence electrons. The van der Waals surface area contributed by atoms with Crippen molar-refractivity contribution in [3.05, 3.63) is 48.3 Å². The average Bonchev–Trinajstić information content (AvgIpc) is 2.39. The van der Waals surface area contributed by atoms with E-state index in [0.29, 0.717) is 16.7 Å². The second-order valence-electron chi connectivity index (χ2n) is 3.21. The Labute approximate surface area is 102 Å². The molecule has 3 nitrogen and oxygen atoms in total. The standard InChI is InChI=1S/C12H9BrN2O/c13-8-11(16)9-2-4-10(5-3-9)12-14-6-1-7-15-12/h1-7H,8H2. The SMILES string of the molecule is O=C(CBr)c1ccc(-c2ncccn2)cc1. The lowest BCUT2D eigenvalue weighted by Gasteiger charge is -2.00. The van der Waals surface area contributed by atoms with Crippen molar-refractivity contribution in [3.8, 4) is 11.4 Å². The van der Waals surface area contributed by atoms with E-state index in [4.69, 9.17) is 0 Å². The number of benzene rings is 1. The van der Waals surface area contributed by atoms with Crippen molar-refractivity contribution in [2.45, 2.75) is 0 Å². The third kappa shape index (κ3) is 2.33. The third-order valence-electron chi connectivity index (χ3n) is 2.15. The number of nitrogens with zero attached hydrogens (tertiary/aromatic N) is 2. The van der Waals surface area contributed by atoms with Gasteiger partial charge in [-0.15, -0.1) is 0 Å². The molecule has 0 aliphatic carbocycles. The molecule has 0 fully saturated rings. The van der Waals surface area contributed by atoms with Gasteiger partial charge in [-0.3, -0.25) is 4.79 Å². The van der Waals surface area contributed by atoms with Crippen molar-refractivity contribution in [2.75, 3.05) is 5.33 Å². The van der Waals surface area contributed by atoms with Crippen molar-refractivity contribution < 1.29 is 4.79 Å². The van der Waals surface area contributed by atoms with Gasteiger partial charge in [0.2, 0.25) is 0 Å². The number of hydrogen-bond donors (Lipinski definition) is 0. The molecule has 0 aliphatic rings. The van der Waals surface area contributed by atoms with E-state index in [1.807, 2.05) is 12.1 Å². The van der Waals surface area contributed by atoms with Crippen LogP contribution in [0.3, 0.4) is 0 Å². The van der Waals surface area contributed by atoms with Crippen molar-refractivity contribution in [1.29, 1.82) is 0 Å². The van der Waals surface area contributed by atoms with Gasteiger partial charge in [0, 0.05) is 23.5 Å². The zero-order valence-electron chi connectivity index (χ0n) is 8.43. The molecule has 1 aromatic heterocycles. The number of carbonyl (C=O) groups is 1. The van der Waals surface area contributed by atoms with E-state index in [9.17, 15) is 4.79 Å². The molecule has 0 aliphatic heterocycles. The van der Waals surface area contributed by atoms with Crippen molar-refractivity contribution in [3.63, 3.8) is 0 Å². The number of Topliss-reactive ketones (excluding diaryl/α,β-unsaturated/α-hetero) is 1. The first-order valence-corrected chi connectivity index (χ1v) is 5.90. The van der Waals surface area contributed by atoms with Crippen LogP contribution in [0.25, 0.3) is 11.4 Å². The van der Waals surface area contributed by atoms with Gasteiger partial charge in [-0.2, -0.15) is 0 Å². The molecule has 0 unspecified atom stereocenters. The number of carbonyl (C=O) groups excluding carboxylic acids is 1. The van der Waals surface area contributed by atoms with Gasteiger partial charge >= 0.3 is 0 Å². The van der Waals surface area contributed by atoms with E-state index < -0.39 is 0 Å². The number of halogens is 1. The van der Waals surface area contributed by atoms with Gasteiger partial charge in [-0.25, -0.2) is 9.97 Å². The Morgan fingerprint density at radius 3 is 2.31 bits per heavy atom. The Balaban J connectivity index is 2.30. The minimum Gasteiger partial charge on any atom is -0.293 e. The highest BCUT2D eigenvalue weighted by Gasteiger charge is 2.04. The summed E-state index contributed by atoms with van der Waals surface area (Å²) >= 11 is 3.14. The Morgan fingerprint density at radius 2 is 1.75 bits per heavy atom. The Morgan fingerprint density at radius 1 is 1.12 bits per heavy atom. The minimum absolute atomic E-state index is 0.0699. The molecule has 1 heterocycles. The molecule has 0 bridgehead atoms. The van der Waals surface area contributed by atoms with Gasteiger partial charge in [0.25, 0.3) is 0 Å². The quantitative estimate of drug-likeness (QED) is 0.640. The molecule has 0 saturated carbocycles. The van der Waals surface area contributed by atoms with Crippen LogP contribution in [0.15, 0.2) is 42.7 Å². The summed E-state index contributed by atoms with van der Waals surface area (Å²) in [6.45, 7) is 0. The molecule has 0 N–H and O–H groups in total. The predicted octanol–water partition coefficient (Wildman–Crippen LogP) is 2.72. The molecular weight excluding hydrogens is 268 g/mol. The molecule has 2 aromatic rings. The summed E-state index contributed by atoms with van der Waals surface area (Å²) in [5.74, 6) is 0.737. The third-order valence-corrected chi connectivity index (χ3v) is 2.66. The molecule has 4 heteroatoms. The van der Waals surface area contributed by atoms with Gasteiger partial charge in [0.05, 0.1) is 5.33 Å². The molecule has 0 radical (unpaired) electrons. The summed E-state index contributed by atoms with van der Waals surface area (Å²) in [6, 6.07) is 9.05. The first kappa shape index (κ1) is 11.0. The molecule has 0 spiro atoms. The lowest BCUT2D eigenvalue weighted by molar-refractivity contribution is 0.102. The smallest absolute Gasteiger partial charge is 0.173 e. The van der Waals surface area contributed by atoms with Crippen LogP contribution in [0.2, 0.25) is 0 Å². The van der Waals surface area contributed by atoms with Crippen LogP contribution in [-0.2, 0) is 0 Å². The topological polar surface area (TPSA) is 42.9 Å². The molecule has 0 amide bonds. The largest absolute Gasteiger partial charge is 0.293 e. The van der Waals surface area contributed by atoms with Crippen LogP contribution in [0, 0.1) is 0 Å². The van der Waals surface area contributed by atoms with E-state index in [1.54, 1.807) is 30.6 Å². The second kappa shape index (κ2) is 4.99. The number of ketones is 1. The fourth-order valence-corrected chi connectivity index (χ4v) is 1.65. The zero-order chi connectivity index (χ0) is 11.4. The Bertz CT molecular complexity index is 482. The highest BCUT2D eigenvalue weighted by Crippen LogP contribution is 2.15. The summed E-state index contributed by atoms with van der Waals surface area (Å²) in [5.41, 5.74) is 1.60. The van der Waals surface area contributed by atoms with Crippen LogP contribution in [-0.4, -0.2) is 21.1 Å². The zero-order valence-corrected chi connectivity index (χ0v) is 10.0. The monoisotopic (exact) mass is 276 g/mol. The van der Waals surface area contributed by atoms with E-state index in [0.717, 1.165) is 5.56 Å². The van der Waals surface area contributed by atoms with Crippen LogP contribution in [0.5, 0.6) is 0 Å². The Hall–Kier alpha value is -1.55. The minimum atomic E-state index is 0.0699. The second-order valence-corrected chi connectivity index (χ2v) is 3.77. The van der Waals surface area contributed by atoms with Gasteiger partial charge < -0.3 is 0 Å². The predicted molar refractivity (Wildman–Crippen MR) is 65.6 cm³/mol. The molecular formula is C12H9BrN2O. The number of aromatic nitrogens is 2. The van der Waals surface area contributed by atoms with E-state index in [2.05, 4.69) is 25.9 Å². The number of rotatable bonds is 3. The maximum atomic E-state index is 11.4. The number of hydrogen-bond acceptors (Lipinski definition) is 3. The highest BCUT2D eigenvalue weighted by molar-refractivity contribution is 9.09. The fraction of sp³-hybridized carbons (Fsp3) is 0.0833. The highest BCUT2D eigenvalue weighted by atomic mass is 79.9. The summed E-state index contributed by atoms with van der Waals surface area (Å²) < 4.78 is 0. The maximum Gasteiger partial charge on any atom is 0.173 e.